The van der Waals surface area contributed by atoms with Gasteiger partial charge in [0.15, 0.2) is 19.0 Å². The molecule has 2 aromatic rings. The molecule has 6 heteroatoms. The van der Waals surface area contributed by atoms with Crippen molar-refractivity contribution in [3.63, 3.8) is 0 Å². The van der Waals surface area contributed by atoms with Crippen LogP contribution in [0.25, 0.3) is 0 Å². The fourth-order valence-electron chi connectivity index (χ4n) is 2.53. The predicted molar refractivity (Wildman–Crippen MR) is 105 cm³/mol. The van der Waals surface area contributed by atoms with E-state index in [1.54, 1.807) is 24.3 Å². The molecule has 0 heterocycles. The third-order valence-electron chi connectivity index (χ3n) is 4.10. The summed E-state index contributed by atoms with van der Waals surface area (Å²) in [4.78, 5) is 34.8. The number of carbonyl (C=O) groups excluding carboxylic acids is 3. The lowest BCUT2D eigenvalue weighted by Crippen LogP contribution is -2.36. The van der Waals surface area contributed by atoms with E-state index in [0.717, 1.165) is 12.8 Å². The minimum absolute atomic E-state index is 0.0255. The molecule has 0 saturated heterocycles. The number of rotatable bonds is 10. The Bertz CT molecular complexity index is 786. The fourth-order valence-corrected chi connectivity index (χ4v) is 2.53. The van der Waals surface area contributed by atoms with Crippen LogP contribution in [0.1, 0.15) is 36.2 Å². The quantitative estimate of drug-likeness (QED) is 0.504. The van der Waals surface area contributed by atoms with Crippen LogP contribution in [0, 0.1) is 0 Å². The molecule has 0 saturated carbocycles. The molecule has 0 aliphatic carbocycles. The molecular formula is C22H25NO5. The minimum Gasteiger partial charge on any atom is -0.482 e. The van der Waals surface area contributed by atoms with Crippen LogP contribution in [-0.4, -0.2) is 36.9 Å². The molecule has 0 aliphatic rings. The summed E-state index contributed by atoms with van der Waals surface area (Å²) in [6, 6.07) is 16.4. The van der Waals surface area contributed by atoms with Gasteiger partial charge in [-0.05, 0) is 56.5 Å². The first kappa shape index (κ1) is 21.2. The van der Waals surface area contributed by atoms with Gasteiger partial charge in [-0.15, -0.1) is 0 Å². The maximum Gasteiger partial charge on any atom is 0.344 e. The number of aryl methyl sites for hydroxylation is 1. The van der Waals surface area contributed by atoms with Gasteiger partial charge in [0.2, 0.25) is 0 Å². The zero-order valence-corrected chi connectivity index (χ0v) is 16.1. The van der Waals surface area contributed by atoms with Gasteiger partial charge in [0.25, 0.3) is 5.91 Å². The molecule has 2 aromatic carbocycles. The molecule has 1 atom stereocenters. The number of amides is 1. The van der Waals surface area contributed by atoms with E-state index in [2.05, 4.69) is 5.32 Å². The summed E-state index contributed by atoms with van der Waals surface area (Å²) in [6.07, 6.45) is 1.65. The Hall–Kier alpha value is -3.15. The Balaban J connectivity index is 1.63. The summed E-state index contributed by atoms with van der Waals surface area (Å²) in [5.74, 6) is -0.585. The molecule has 28 heavy (non-hydrogen) atoms. The summed E-state index contributed by atoms with van der Waals surface area (Å²) < 4.78 is 10.2. The first-order chi connectivity index (χ1) is 13.4. The molecule has 0 fully saturated rings. The Labute approximate surface area is 164 Å². The van der Waals surface area contributed by atoms with E-state index in [1.165, 1.54) is 12.5 Å². The number of Topliss-reactive ketones (excluding diaryl/α,β-unsaturated/α-hetero) is 1. The molecule has 2 rings (SSSR count). The van der Waals surface area contributed by atoms with Gasteiger partial charge in [-0.2, -0.15) is 0 Å². The number of hydrogen-bond acceptors (Lipinski definition) is 5. The Morgan fingerprint density at radius 1 is 0.964 bits per heavy atom. The van der Waals surface area contributed by atoms with Gasteiger partial charge in [0.1, 0.15) is 5.75 Å². The number of esters is 1. The second kappa shape index (κ2) is 10.9. The first-order valence-corrected chi connectivity index (χ1v) is 9.16. The maximum atomic E-state index is 11.9. The fraction of sp³-hybridized carbons (Fsp3) is 0.318. The number of ketones is 1. The summed E-state index contributed by atoms with van der Waals surface area (Å²) in [5.41, 5.74) is 1.77. The highest BCUT2D eigenvalue weighted by Gasteiger charge is 2.11. The van der Waals surface area contributed by atoms with Gasteiger partial charge in [-0.3, -0.25) is 9.59 Å². The molecule has 0 aliphatic heterocycles. The maximum absolute atomic E-state index is 11.9. The van der Waals surface area contributed by atoms with Crippen LogP contribution < -0.4 is 10.1 Å². The smallest absolute Gasteiger partial charge is 0.344 e. The molecule has 1 amide bonds. The van der Waals surface area contributed by atoms with E-state index < -0.39 is 5.97 Å². The monoisotopic (exact) mass is 383 g/mol. The van der Waals surface area contributed by atoms with Crippen molar-refractivity contribution in [2.45, 2.75) is 32.7 Å². The van der Waals surface area contributed by atoms with E-state index in [9.17, 15) is 14.4 Å². The topological polar surface area (TPSA) is 81.7 Å². The molecule has 0 bridgehead atoms. The average molecular weight is 383 g/mol. The van der Waals surface area contributed by atoms with Gasteiger partial charge in [0, 0.05) is 11.6 Å². The summed E-state index contributed by atoms with van der Waals surface area (Å²) >= 11 is 0. The van der Waals surface area contributed by atoms with Crippen LogP contribution in [0.3, 0.4) is 0 Å². The highest BCUT2D eigenvalue weighted by atomic mass is 16.6. The molecule has 6 nitrogen and oxygen atoms in total. The molecular weight excluding hydrogens is 358 g/mol. The molecule has 148 valence electrons. The Morgan fingerprint density at radius 2 is 1.64 bits per heavy atom. The minimum atomic E-state index is -0.636. The number of carbonyl (C=O) groups is 3. The van der Waals surface area contributed by atoms with Gasteiger partial charge < -0.3 is 14.8 Å². The number of ether oxygens (including phenoxy) is 2. The van der Waals surface area contributed by atoms with Crippen LogP contribution in [-0.2, 0) is 20.7 Å². The third-order valence-corrected chi connectivity index (χ3v) is 4.10. The summed E-state index contributed by atoms with van der Waals surface area (Å²) in [6.45, 7) is 2.73. The van der Waals surface area contributed by atoms with Crippen molar-refractivity contribution in [2.75, 3.05) is 13.2 Å². The lowest BCUT2D eigenvalue weighted by Gasteiger charge is -2.14. The largest absolute Gasteiger partial charge is 0.482 e. The van der Waals surface area contributed by atoms with Crippen LogP contribution in [0.5, 0.6) is 5.75 Å². The van der Waals surface area contributed by atoms with E-state index in [0.29, 0.717) is 11.3 Å². The van der Waals surface area contributed by atoms with Gasteiger partial charge in [-0.25, -0.2) is 4.79 Å². The molecule has 0 unspecified atom stereocenters. The summed E-state index contributed by atoms with van der Waals surface area (Å²) in [5, 5.41) is 2.81. The van der Waals surface area contributed by atoms with Crippen LogP contribution in [0.15, 0.2) is 54.6 Å². The molecule has 1 N–H and O–H groups in total. The van der Waals surface area contributed by atoms with Crippen molar-refractivity contribution in [1.82, 2.24) is 5.32 Å². The second-order valence-electron chi connectivity index (χ2n) is 6.52. The van der Waals surface area contributed by atoms with Crippen LogP contribution in [0.4, 0.5) is 0 Å². The normalized spacial score (nSPS) is 11.4. The standard InChI is InChI=1S/C22H25NO5/c1-16(8-9-18-6-4-3-5-7-18)23-21(25)14-28-22(26)15-27-20-12-10-19(11-13-20)17(2)24/h3-7,10-13,16H,8-9,14-15H2,1-2H3,(H,23,25)/t16-/m0/s1. The molecule has 0 spiro atoms. The van der Waals surface area contributed by atoms with Crippen molar-refractivity contribution in [3.05, 3.63) is 65.7 Å². The highest BCUT2D eigenvalue weighted by Crippen LogP contribution is 2.12. The van der Waals surface area contributed by atoms with Crippen molar-refractivity contribution < 1.29 is 23.9 Å². The Kier molecular flexibility index (Phi) is 8.21. The highest BCUT2D eigenvalue weighted by molar-refractivity contribution is 5.94. The molecule has 0 radical (unpaired) electrons. The molecule has 0 aromatic heterocycles. The number of hydrogen-bond donors (Lipinski definition) is 1. The SMILES string of the molecule is CC(=O)c1ccc(OCC(=O)OCC(=O)N[C@@H](C)CCc2ccccc2)cc1. The first-order valence-electron chi connectivity index (χ1n) is 9.16. The van der Waals surface area contributed by atoms with Gasteiger partial charge in [-0.1, -0.05) is 30.3 Å². The van der Waals surface area contributed by atoms with E-state index >= 15 is 0 Å². The van der Waals surface area contributed by atoms with Crippen molar-refractivity contribution >= 4 is 17.7 Å². The third kappa shape index (κ3) is 7.61. The van der Waals surface area contributed by atoms with Crippen molar-refractivity contribution in [3.8, 4) is 5.75 Å². The lowest BCUT2D eigenvalue weighted by atomic mass is 10.1. The lowest BCUT2D eigenvalue weighted by molar-refractivity contribution is -0.150. The van der Waals surface area contributed by atoms with Crippen LogP contribution in [0.2, 0.25) is 0 Å². The summed E-state index contributed by atoms with van der Waals surface area (Å²) in [7, 11) is 0. The van der Waals surface area contributed by atoms with E-state index in [4.69, 9.17) is 9.47 Å². The number of benzene rings is 2. The number of nitrogens with one attached hydrogen (secondary N) is 1. The van der Waals surface area contributed by atoms with Crippen molar-refractivity contribution in [1.29, 1.82) is 0 Å². The zero-order valence-electron chi connectivity index (χ0n) is 16.1. The van der Waals surface area contributed by atoms with E-state index in [-0.39, 0.29) is 30.9 Å². The van der Waals surface area contributed by atoms with Gasteiger partial charge >= 0.3 is 5.97 Å². The average Bonchev–Trinajstić information content (AvgIpc) is 2.70. The van der Waals surface area contributed by atoms with Crippen LogP contribution >= 0.6 is 0 Å². The predicted octanol–water partition coefficient (Wildman–Crippen LogP) is 2.95. The van der Waals surface area contributed by atoms with E-state index in [1.807, 2.05) is 37.3 Å². The zero-order chi connectivity index (χ0) is 20.4. The Morgan fingerprint density at radius 3 is 2.29 bits per heavy atom. The second-order valence-corrected chi connectivity index (χ2v) is 6.52. The van der Waals surface area contributed by atoms with Gasteiger partial charge in [0.05, 0.1) is 0 Å². The van der Waals surface area contributed by atoms with Crippen molar-refractivity contribution in [2.24, 2.45) is 0 Å².